The van der Waals surface area contributed by atoms with E-state index in [-0.39, 0.29) is 17.7 Å². The molecule has 0 saturated carbocycles. The van der Waals surface area contributed by atoms with Crippen LogP contribution in [0.3, 0.4) is 0 Å². The van der Waals surface area contributed by atoms with Crippen LogP contribution in [0.25, 0.3) is 0 Å². The van der Waals surface area contributed by atoms with Crippen LogP contribution in [0.2, 0.25) is 0 Å². The maximum absolute atomic E-state index is 13.4. The second-order valence-corrected chi connectivity index (χ2v) is 9.84. The van der Waals surface area contributed by atoms with Gasteiger partial charge < -0.3 is 29.3 Å². The molecule has 3 aliphatic rings. The van der Waals surface area contributed by atoms with Gasteiger partial charge in [-0.3, -0.25) is 9.59 Å². The minimum atomic E-state index is -0.0302. The molecule has 0 spiro atoms. The second kappa shape index (κ2) is 10.8. The first-order valence-corrected chi connectivity index (χ1v) is 12.8. The van der Waals surface area contributed by atoms with E-state index in [1.54, 1.807) is 14.2 Å². The average molecular weight is 494 g/mol. The number of carbonyl (C=O) groups is 2. The Bertz CT molecular complexity index is 1130. The van der Waals surface area contributed by atoms with E-state index in [1.165, 1.54) is 11.1 Å². The number of piperidine rings is 1. The molecule has 1 fully saturated rings. The molecule has 1 saturated heterocycles. The molecule has 2 aromatic carbocycles. The smallest absolute Gasteiger partial charge is 0.227 e. The van der Waals surface area contributed by atoms with E-state index in [4.69, 9.17) is 14.2 Å². The highest BCUT2D eigenvalue weighted by Gasteiger charge is 2.31. The minimum absolute atomic E-state index is 0.0154. The number of ether oxygens (including phenoxy) is 3. The number of carbonyl (C=O) groups excluding carboxylic acids is 2. The summed E-state index contributed by atoms with van der Waals surface area (Å²) in [6, 6.07) is 9.87. The molecule has 0 aromatic heterocycles. The lowest BCUT2D eigenvalue weighted by atomic mass is 9.93. The first kappa shape index (κ1) is 24.4. The van der Waals surface area contributed by atoms with Crippen LogP contribution in [0.15, 0.2) is 30.3 Å². The molecule has 8 heteroatoms. The molecule has 0 aliphatic carbocycles. The quantitative estimate of drug-likeness (QED) is 0.638. The first-order chi connectivity index (χ1) is 17.5. The Balaban J connectivity index is 1.13. The highest BCUT2D eigenvalue weighted by atomic mass is 16.5. The molecule has 8 nitrogen and oxygen atoms in total. The van der Waals surface area contributed by atoms with Crippen molar-refractivity contribution in [3.8, 4) is 17.2 Å². The van der Waals surface area contributed by atoms with Crippen molar-refractivity contribution >= 4 is 17.5 Å². The molecule has 0 radical (unpaired) electrons. The maximum Gasteiger partial charge on any atom is 0.227 e. The van der Waals surface area contributed by atoms with Gasteiger partial charge in [0.2, 0.25) is 11.8 Å². The third kappa shape index (κ3) is 5.28. The van der Waals surface area contributed by atoms with Gasteiger partial charge in [0, 0.05) is 50.8 Å². The second-order valence-electron chi connectivity index (χ2n) is 9.84. The summed E-state index contributed by atoms with van der Waals surface area (Å²) in [7, 11) is 3.27. The number of amides is 2. The van der Waals surface area contributed by atoms with E-state index in [2.05, 4.69) is 10.2 Å². The van der Waals surface area contributed by atoms with Crippen molar-refractivity contribution < 1.29 is 23.8 Å². The van der Waals surface area contributed by atoms with Crippen LogP contribution in [-0.2, 0) is 29.0 Å². The molecule has 1 N–H and O–H groups in total. The van der Waals surface area contributed by atoms with E-state index in [0.29, 0.717) is 45.0 Å². The first-order valence-electron chi connectivity index (χ1n) is 12.8. The Kier molecular flexibility index (Phi) is 7.32. The highest BCUT2D eigenvalue weighted by Crippen LogP contribution is 2.34. The lowest BCUT2D eigenvalue weighted by molar-refractivity contribution is -0.138. The molecule has 192 valence electrons. The summed E-state index contributed by atoms with van der Waals surface area (Å²) in [6.45, 7) is 4.28. The maximum atomic E-state index is 13.4. The van der Waals surface area contributed by atoms with Crippen LogP contribution in [-0.4, -0.2) is 68.6 Å². The molecule has 1 unspecified atom stereocenters. The summed E-state index contributed by atoms with van der Waals surface area (Å²) in [5.74, 6) is 2.45. The van der Waals surface area contributed by atoms with Crippen molar-refractivity contribution in [2.45, 2.75) is 38.6 Å². The highest BCUT2D eigenvalue weighted by molar-refractivity contribution is 5.91. The molecule has 3 heterocycles. The number of nitrogens with zero attached hydrogens (tertiary/aromatic N) is 2. The van der Waals surface area contributed by atoms with Gasteiger partial charge in [0.1, 0.15) is 5.75 Å². The lowest BCUT2D eigenvalue weighted by Gasteiger charge is -2.36. The van der Waals surface area contributed by atoms with Crippen LogP contribution in [0.1, 0.15) is 36.0 Å². The Labute approximate surface area is 212 Å². The third-order valence-electron chi connectivity index (χ3n) is 7.52. The number of nitrogens with one attached hydrogen (secondary N) is 1. The predicted molar refractivity (Wildman–Crippen MR) is 137 cm³/mol. The minimum Gasteiger partial charge on any atom is -0.493 e. The van der Waals surface area contributed by atoms with Crippen LogP contribution in [0, 0.1) is 5.92 Å². The van der Waals surface area contributed by atoms with E-state index in [9.17, 15) is 9.59 Å². The van der Waals surface area contributed by atoms with Gasteiger partial charge in [-0.1, -0.05) is 6.07 Å². The number of likely N-dealkylation sites (tertiary alicyclic amines) is 1. The number of methoxy groups -OCH3 is 2. The van der Waals surface area contributed by atoms with E-state index in [0.717, 1.165) is 55.0 Å². The summed E-state index contributed by atoms with van der Waals surface area (Å²) in [5.41, 5.74) is 4.29. The van der Waals surface area contributed by atoms with E-state index in [1.807, 2.05) is 35.2 Å². The predicted octanol–water partition coefficient (Wildman–Crippen LogP) is 3.26. The third-order valence-corrected chi connectivity index (χ3v) is 7.52. The Morgan fingerprint density at radius 3 is 2.64 bits per heavy atom. The van der Waals surface area contributed by atoms with E-state index >= 15 is 0 Å². The fraction of sp³-hybridized carbons (Fsp3) is 0.500. The SMILES string of the molecule is COc1cc2c(cc1OC)CN(C(=O)C1CCCN(CCC(=O)Nc3ccc4c(c3)OCC4)C1)CC2. The molecule has 3 aliphatic heterocycles. The topological polar surface area (TPSA) is 80.3 Å². The summed E-state index contributed by atoms with van der Waals surface area (Å²) >= 11 is 0. The largest absolute Gasteiger partial charge is 0.493 e. The lowest BCUT2D eigenvalue weighted by Crippen LogP contribution is -2.46. The van der Waals surface area contributed by atoms with Crippen LogP contribution in [0.5, 0.6) is 17.2 Å². The van der Waals surface area contributed by atoms with Gasteiger partial charge in [0.15, 0.2) is 11.5 Å². The average Bonchev–Trinajstić information content (AvgIpc) is 3.38. The number of fused-ring (bicyclic) bond motifs is 2. The van der Waals surface area contributed by atoms with Gasteiger partial charge in [-0.05, 0) is 60.7 Å². The van der Waals surface area contributed by atoms with Gasteiger partial charge >= 0.3 is 0 Å². The fourth-order valence-corrected chi connectivity index (χ4v) is 5.52. The monoisotopic (exact) mass is 493 g/mol. The van der Waals surface area contributed by atoms with E-state index < -0.39 is 0 Å². The van der Waals surface area contributed by atoms with Crippen LogP contribution in [0.4, 0.5) is 5.69 Å². The summed E-state index contributed by atoms with van der Waals surface area (Å²) < 4.78 is 16.5. The molecule has 0 bridgehead atoms. The number of hydrogen-bond donors (Lipinski definition) is 1. The normalized spacial score (nSPS) is 19.2. The van der Waals surface area contributed by atoms with Crippen molar-refractivity contribution in [3.05, 3.63) is 47.0 Å². The zero-order chi connectivity index (χ0) is 25.1. The number of rotatable bonds is 7. The summed E-state index contributed by atoms with van der Waals surface area (Å²) in [4.78, 5) is 30.2. The molecule has 2 aromatic rings. The van der Waals surface area contributed by atoms with Crippen molar-refractivity contribution in [1.82, 2.24) is 9.80 Å². The number of benzene rings is 2. The standard InChI is InChI=1S/C28H35N3O5/c1-34-25-14-20-7-12-31(18-22(20)15-26(25)35-2)28(33)21-4-3-10-30(17-21)11-8-27(32)29-23-6-5-19-9-13-36-24(19)16-23/h5-6,14-16,21H,3-4,7-13,17-18H2,1-2H3,(H,29,32). The fourth-order valence-electron chi connectivity index (χ4n) is 5.52. The molecule has 1 atom stereocenters. The molecule has 5 rings (SSSR count). The van der Waals surface area contributed by atoms with Crippen molar-refractivity contribution in [3.63, 3.8) is 0 Å². The van der Waals surface area contributed by atoms with Crippen molar-refractivity contribution in [2.75, 3.05) is 52.3 Å². The summed E-state index contributed by atoms with van der Waals surface area (Å²) in [6.07, 6.45) is 4.00. The van der Waals surface area contributed by atoms with Gasteiger partial charge in [-0.2, -0.15) is 0 Å². The molecule has 2 amide bonds. The van der Waals surface area contributed by atoms with Crippen molar-refractivity contribution in [1.29, 1.82) is 0 Å². The molecular formula is C28H35N3O5. The zero-order valence-corrected chi connectivity index (χ0v) is 21.2. The summed E-state index contributed by atoms with van der Waals surface area (Å²) in [5, 5.41) is 2.98. The Morgan fingerprint density at radius 2 is 1.83 bits per heavy atom. The van der Waals surface area contributed by atoms with Gasteiger partial charge in [0.05, 0.1) is 26.7 Å². The van der Waals surface area contributed by atoms with Gasteiger partial charge in [-0.15, -0.1) is 0 Å². The number of hydrogen-bond acceptors (Lipinski definition) is 6. The Hall–Kier alpha value is -3.26. The molecule has 36 heavy (non-hydrogen) atoms. The van der Waals surface area contributed by atoms with Gasteiger partial charge in [-0.25, -0.2) is 0 Å². The zero-order valence-electron chi connectivity index (χ0n) is 21.2. The molecular weight excluding hydrogens is 458 g/mol. The van der Waals surface area contributed by atoms with Crippen LogP contribution < -0.4 is 19.5 Å². The number of anilines is 1. The Morgan fingerprint density at radius 1 is 1.03 bits per heavy atom. The van der Waals surface area contributed by atoms with Gasteiger partial charge in [0.25, 0.3) is 0 Å². The van der Waals surface area contributed by atoms with Crippen LogP contribution >= 0.6 is 0 Å². The van der Waals surface area contributed by atoms with Crippen molar-refractivity contribution in [2.24, 2.45) is 5.92 Å².